The standard InChI is InChI=1S/C18H22N2O3/c1-3-11(21)5-4-6-13-16-12-9-10-23-15(12)8-7-14(16)20-17(13)18(22)19-2/h7-8,20H,3-6,9-10H2,1-2H3,(H,19,22). The molecule has 23 heavy (non-hydrogen) atoms. The molecular weight excluding hydrogens is 292 g/mol. The van der Waals surface area contributed by atoms with Gasteiger partial charge in [-0.25, -0.2) is 0 Å². The Kier molecular flexibility index (Phi) is 4.37. The maximum atomic E-state index is 12.2. The summed E-state index contributed by atoms with van der Waals surface area (Å²) in [6, 6.07) is 3.92. The second-order valence-corrected chi connectivity index (χ2v) is 5.87. The van der Waals surface area contributed by atoms with Crippen molar-refractivity contribution in [2.45, 2.75) is 39.0 Å². The highest BCUT2D eigenvalue weighted by atomic mass is 16.5. The van der Waals surface area contributed by atoms with Crippen molar-refractivity contribution in [3.8, 4) is 5.75 Å². The lowest BCUT2D eigenvalue weighted by Crippen LogP contribution is -2.19. The molecule has 1 aliphatic rings. The summed E-state index contributed by atoms with van der Waals surface area (Å²) in [6.07, 6.45) is 3.46. The zero-order valence-corrected chi connectivity index (χ0v) is 13.6. The van der Waals surface area contributed by atoms with Crippen LogP contribution in [0.5, 0.6) is 5.75 Å². The summed E-state index contributed by atoms with van der Waals surface area (Å²) in [7, 11) is 1.63. The van der Waals surface area contributed by atoms with E-state index in [1.165, 1.54) is 5.56 Å². The first kappa shape index (κ1) is 15.6. The Morgan fingerprint density at radius 2 is 2.17 bits per heavy atom. The number of ether oxygens (including phenoxy) is 1. The first-order valence-corrected chi connectivity index (χ1v) is 8.18. The Morgan fingerprint density at radius 1 is 1.35 bits per heavy atom. The molecule has 0 saturated carbocycles. The Balaban J connectivity index is 2.02. The van der Waals surface area contributed by atoms with Gasteiger partial charge < -0.3 is 15.0 Å². The van der Waals surface area contributed by atoms with Gasteiger partial charge in [-0.3, -0.25) is 9.59 Å². The second-order valence-electron chi connectivity index (χ2n) is 5.87. The van der Waals surface area contributed by atoms with Crippen LogP contribution in [0.1, 0.15) is 47.8 Å². The van der Waals surface area contributed by atoms with E-state index in [2.05, 4.69) is 10.3 Å². The molecule has 0 aliphatic carbocycles. The number of amides is 1. The predicted molar refractivity (Wildman–Crippen MR) is 89.1 cm³/mol. The van der Waals surface area contributed by atoms with Crippen molar-refractivity contribution in [1.82, 2.24) is 10.3 Å². The molecular formula is C18H22N2O3. The van der Waals surface area contributed by atoms with Crippen LogP contribution in [-0.4, -0.2) is 30.3 Å². The molecule has 1 aromatic carbocycles. The van der Waals surface area contributed by atoms with E-state index < -0.39 is 0 Å². The van der Waals surface area contributed by atoms with Crippen LogP contribution in [-0.2, 0) is 17.6 Å². The van der Waals surface area contributed by atoms with Crippen LogP contribution >= 0.6 is 0 Å². The number of fused-ring (bicyclic) bond motifs is 3. The topological polar surface area (TPSA) is 71.2 Å². The molecule has 5 nitrogen and oxygen atoms in total. The van der Waals surface area contributed by atoms with E-state index in [-0.39, 0.29) is 11.7 Å². The number of rotatable bonds is 6. The van der Waals surface area contributed by atoms with Gasteiger partial charge in [0.2, 0.25) is 0 Å². The average molecular weight is 314 g/mol. The summed E-state index contributed by atoms with van der Waals surface area (Å²) < 4.78 is 5.65. The van der Waals surface area contributed by atoms with Gasteiger partial charge in [0.25, 0.3) is 5.91 Å². The minimum atomic E-state index is -0.120. The average Bonchev–Trinajstić information content (AvgIpc) is 3.17. The highest BCUT2D eigenvalue weighted by Gasteiger charge is 2.23. The fourth-order valence-electron chi connectivity index (χ4n) is 3.27. The number of carbonyl (C=O) groups excluding carboxylic acids is 2. The predicted octanol–water partition coefficient (Wildman–Crippen LogP) is 2.76. The number of aromatic nitrogens is 1. The molecule has 0 bridgehead atoms. The minimum Gasteiger partial charge on any atom is -0.493 e. The van der Waals surface area contributed by atoms with E-state index >= 15 is 0 Å². The van der Waals surface area contributed by atoms with Crippen molar-refractivity contribution >= 4 is 22.6 Å². The van der Waals surface area contributed by atoms with Crippen LogP contribution in [0, 0.1) is 0 Å². The van der Waals surface area contributed by atoms with Gasteiger partial charge in [-0.2, -0.15) is 0 Å². The van der Waals surface area contributed by atoms with Crippen LogP contribution in [0.2, 0.25) is 0 Å². The Morgan fingerprint density at radius 3 is 2.91 bits per heavy atom. The summed E-state index contributed by atoms with van der Waals surface area (Å²) in [5, 5.41) is 3.79. The number of hydrogen-bond acceptors (Lipinski definition) is 3. The van der Waals surface area contributed by atoms with Gasteiger partial charge in [-0.1, -0.05) is 6.92 Å². The van der Waals surface area contributed by atoms with Crippen molar-refractivity contribution in [3.05, 3.63) is 29.0 Å². The normalized spacial score (nSPS) is 13.0. The minimum absolute atomic E-state index is 0.120. The fraction of sp³-hybridized carbons (Fsp3) is 0.444. The number of aryl methyl sites for hydroxylation is 1. The quantitative estimate of drug-likeness (QED) is 0.861. The van der Waals surface area contributed by atoms with Gasteiger partial charge in [-0.05, 0) is 30.5 Å². The van der Waals surface area contributed by atoms with E-state index in [9.17, 15) is 9.59 Å². The van der Waals surface area contributed by atoms with Crippen molar-refractivity contribution < 1.29 is 14.3 Å². The van der Waals surface area contributed by atoms with Crippen LogP contribution in [0.25, 0.3) is 10.9 Å². The SMILES string of the molecule is CCC(=O)CCCc1c(C(=O)NC)[nH]c2ccc3c(c12)CCO3. The summed E-state index contributed by atoms with van der Waals surface area (Å²) in [5.74, 6) is 1.05. The van der Waals surface area contributed by atoms with Crippen molar-refractivity contribution in [2.75, 3.05) is 13.7 Å². The molecule has 0 spiro atoms. The Bertz CT molecular complexity index is 761. The molecule has 0 fully saturated rings. The number of nitrogens with one attached hydrogen (secondary N) is 2. The summed E-state index contributed by atoms with van der Waals surface area (Å²) >= 11 is 0. The third kappa shape index (κ3) is 2.83. The molecule has 0 atom stereocenters. The number of aromatic amines is 1. The molecule has 5 heteroatoms. The maximum absolute atomic E-state index is 12.2. The zero-order chi connectivity index (χ0) is 16.4. The first-order chi connectivity index (χ1) is 11.2. The molecule has 1 aromatic heterocycles. The van der Waals surface area contributed by atoms with E-state index in [4.69, 9.17) is 4.74 Å². The number of hydrogen-bond donors (Lipinski definition) is 2. The van der Waals surface area contributed by atoms with Crippen LogP contribution in [0.3, 0.4) is 0 Å². The monoisotopic (exact) mass is 314 g/mol. The van der Waals surface area contributed by atoms with Gasteiger partial charge in [-0.15, -0.1) is 0 Å². The molecule has 0 unspecified atom stereocenters. The van der Waals surface area contributed by atoms with E-state index in [1.807, 2.05) is 19.1 Å². The molecule has 2 N–H and O–H groups in total. The van der Waals surface area contributed by atoms with E-state index in [0.29, 0.717) is 31.6 Å². The van der Waals surface area contributed by atoms with Gasteiger partial charge >= 0.3 is 0 Å². The fourth-order valence-corrected chi connectivity index (χ4v) is 3.27. The lowest BCUT2D eigenvalue weighted by atomic mass is 9.98. The smallest absolute Gasteiger partial charge is 0.267 e. The van der Waals surface area contributed by atoms with Crippen molar-refractivity contribution in [3.63, 3.8) is 0 Å². The maximum Gasteiger partial charge on any atom is 0.267 e. The second kappa shape index (κ2) is 6.44. The number of benzene rings is 1. The van der Waals surface area contributed by atoms with Gasteiger partial charge in [0, 0.05) is 42.8 Å². The zero-order valence-electron chi connectivity index (χ0n) is 13.6. The van der Waals surface area contributed by atoms with E-state index in [0.717, 1.165) is 35.1 Å². The molecule has 2 aromatic rings. The number of H-pyrrole nitrogens is 1. The number of carbonyl (C=O) groups is 2. The van der Waals surface area contributed by atoms with Gasteiger partial charge in [0.05, 0.1) is 6.61 Å². The van der Waals surface area contributed by atoms with Crippen molar-refractivity contribution in [2.24, 2.45) is 0 Å². The first-order valence-electron chi connectivity index (χ1n) is 8.18. The lowest BCUT2D eigenvalue weighted by molar-refractivity contribution is -0.118. The van der Waals surface area contributed by atoms with Gasteiger partial charge in [0.15, 0.2) is 0 Å². The number of Topliss-reactive ketones (excluding diaryl/α,β-unsaturated/α-hetero) is 1. The highest BCUT2D eigenvalue weighted by Crippen LogP contribution is 2.36. The molecule has 0 radical (unpaired) electrons. The largest absolute Gasteiger partial charge is 0.493 e. The summed E-state index contributed by atoms with van der Waals surface area (Å²) in [4.78, 5) is 27.0. The molecule has 1 aliphatic heterocycles. The molecule has 122 valence electrons. The lowest BCUT2D eigenvalue weighted by Gasteiger charge is -2.06. The summed E-state index contributed by atoms with van der Waals surface area (Å²) in [5.41, 5.74) is 3.74. The van der Waals surface area contributed by atoms with Crippen LogP contribution in [0.4, 0.5) is 0 Å². The molecule has 3 rings (SSSR count). The third-order valence-electron chi connectivity index (χ3n) is 4.47. The molecule has 1 amide bonds. The Labute approximate surface area is 135 Å². The number of ketones is 1. The van der Waals surface area contributed by atoms with Crippen LogP contribution < -0.4 is 10.1 Å². The van der Waals surface area contributed by atoms with Crippen LogP contribution in [0.15, 0.2) is 12.1 Å². The van der Waals surface area contributed by atoms with Crippen molar-refractivity contribution in [1.29, 1.82) is 0 Å². The van der Waals surface area contributed by atoms with E-state index in [1.54, 1.807) is 7.05 Å². The van der Waals surface area contributed by atoms with Gasteiger partial charge in [0.1, 0.15) is 17.2 Å². The Hall–Kier alpha value is -2.30. The molecule has 0 saturated heterocycles. The third-order valence-corrected chi connectivity index (χ3v) is 4.47. The molecule has 2 heterocycles. The summed E-state index contributed by atoms with van der Waals surface area (Å²) in [6.45, 7) is 2.57. The highest BCUT2D eigenvalue weighted by molar-refractivity contribution is 6.02.